The Morgan fingerprint density at radius 2 is 1.83 bits per heavy atom. The molecule has 0 amide bonds. The Hall–Kier alpha value is -1.97. The minimum absolute atomic E-state index is 0.120. The Kier molecular flexibility index (Phi) is 3.19. The molecule has 0 radical (unpaired) electrons. The highest BCUT2D eigenvalue weighted by molar-refractivity contribution is 6.18. The first-order valence-electron chi connectivity index (χ1n) is 8.42. The monoisotopic (exact) mass is 312 g/mol. The van der Waals surface area contributed by atoms with Crippen molar-refractivity contribution in [3.8, 4) is 5.75 Å². The van der Waals surface area contributed by atoms with Gasteiger partial charge in [-0.3, -0.25) is 14.4 Å². The summed E-state index contributed by atoms with van der Waals surface area (Å²) in [4.78, 5) is 38.5. The summed E-state index contributed by atoms with van der Waals surface area (Å²) in [7, 11) is 0. The zero-order valence-electron chi connectivity index (χ0n) is 13.1. The van der Waals surface area contributed by atoms with Gasteiger partial charge in [-0.2, -0.15) is 0 Å². The highest BCUT2D eigenvalue weighted by Gasteiger charge is 2.54. The molecule has 0 saturated heterocycles. The van der Waals surface area contributed by atoms with Gasteiger partial charge < -0.3 is 5.11 Å². The highest BCUT2D eigenvalue weighted by atomic mass is 16.3. The first-order valence-corrected chi connectivity index (χ1v) is 8.42. The van der Waals surface area contributed by atoms with Crippen LogP contribution in [0.1, 0.15) is 53.3 Å². The van der Waals surface area contributed by atoms with Crippen LogP contribution in [0.25, 0.3) is 0 Å². The molecule has 4 rings (SSSR count). The van der Waals surface area contributed by atoms with Crippen molar-refractivity contribution < 1.29 is 19.5 Å². The summed E-state index contributed by atoms with van der Waals surface area (Å²) in [5.41, 5.74) is 0.456. The molecule has 0 aliphatic heterocycles. The van der Waals surface area contributed by atoms with E-state index < -0.39 is 11.8 Å². The molecule has 3 aliphatic rings. The van der Waals surface area contributed by atoms with Crippen LogP contribution in [0.3, 0.4) is 0 Å². The smallest absolute Gasteiger partial charge is 0.171 e. The summed E-state index contributed by atoms with van der Waals surface area (Å²) in [5, 5.41) is 10.0. The second kappa shape index (κ2) is 5.02. The number of fused-ring (bicyclic) bond motifs is 4. The molecule has 2 saturated carbocycles. The van der Waals surface area contributed by atoms with Crippen molar-refractivity contribution in [2.75, 3.05) is 0 Å². The van der Waals surface area contributed by atoms with Gasteiger partial charge in [-0.1, -0.05) is 19.1 Å². The lowest BCUT2D eigenvalue weighted by Gasteiger charge is -2.46. The normalized spacial score (nSPS) is 36.2. The van der Waals surface area contributed by atoms with E-state index in [0.29, 0.717) is 24.3 Å². The van der Waals surface area contributed by atoms with Gasteiger partial charge in [-0.25, -0.2) is 0 Å². The molecule has 1 aromatic carbocycles. The van der Waals surface area contributed by atoms with E-state index >= 15 is 0 Å². The number of phenolic OH excluding ortho intramolecular Hbond substituents is 1. The van der Waals surface area contributed by atoms with Gasteiger partial charge >= 0.3 is 0 Å². The van der Waals surface area contributed by atoms with Gasteiger partial charge in [-0.15, -0.1) is 0 Å². The summed E-state index contributed by atoms with van der Waals surface area (Å²) in [6.45, 7) is 2.08. The third kappa shape index (κ3) is 2.00. The number of carbonyl (C=O) groups excluding carboxylic acids is 3. The number of rotatable bonds is 0. The van der Waals surface area contributed by atoms with Crippen molar-refractivity contribution in [3.05, 3.63) is 29.3 Å². The fourth-order valence-electron chi connectivity index (χ4n) is 5.11. The van der Waals surface area contributed by atoms with E-state index in [1.807, 2.05) is 0 Å². The van der Waals surface area contributed by atoms with Crippen molar-refractivity contribution in [1.29, 1.82) is 0 Å². The summed E-state index contributed by atoms with van der Waals surface area (Å²) in [6.07, 6.45) is 2.95. The number of carbonyl (C=O) groups is 3. The van der Waals surface area contributed by atoms with E-state index in [-0.39, 0.29) is 40.5 Å². The molecule has 4 nitrogen and oxygen atoms in total. The van der Waals surface area contributed by atoms with Crippen molar-refractivity contribution in [3.63, 3.8) is 0 Å². The molecule has 1 N–H and O–H groups in total. The Morgan fingerprint density at radius 3 is 2.61 bits per heavy atom. The lowest BCUT2D eigenvalue weighted by atomic mass is 9.55. The van der Waals surface area contributed by atoms with E-state index in [9.17, 15) is 19.5 Å². The third-order valence-electron chi connectivity index (χ3n) is 6.00. The molecule has 2 fully saturated rings. The van der Waals surface area contributed by atoms with Gasteiger partial charge in [0.1, 0.15) is 11.5 Å². The van der Waals surface area contributed by atoms with Gasteiger partial charge in [-0.05, 0) is 37.2 Å². The quantitative estimate of drug-likeness (QED) is 0.799. The van der Waals surface area contributed by atoms with Crippen LogP contribution in [0.2, 0.25) is 0 Å². The molecule has 3 aliphatic carbocycles. The zero-order chi connectivity index (χ0) is 16.3. The first kappa shape index (κ1) is 14.6. The fraction of sp³-hybridized carbons (Fsp3) is 0.526. The Balaban J connectivity index is 1.81. The second-order valence-corrected chi connectivity index (χ2v) is 7.44. The topological polar surface area (TPSA) is 71.4 Å². The maximum atomic E-state index is 13.0. The zero-order valence-corrected chi connectivity index (χ0v) is 13.1. The number of phenols is 1. The summed E-state index contributed by atoms with van der Waals surface area (Å²) >= 11 is 0. The second-order valence-electron chi connectivity index (χ2n) is 7.44. The predicted octanol–water partition coefficient (Wildman–Crippen LogP) is 3.03. The van der Waals surface area contributed by atoms with Gasteiger partial charge in [0.05, 0.1) is 5.56 Å². The molecule has 0 spiro atoms. The number of aromatic hydroxyl groups is 1. The lowest BCUT2D eigenvalue weighted by Crippen LogP contribution is -2.51. The average molecular weight is 312 g/mol. The van der Waals surface area contributed by atoms with Gasteiger partial charge in [0, 0.05) is 29.7 Å². The molecule has 4 heteroatoms. The molecule has 0 bridgehead atoms. The third-order valence-corrected chi connectivity index (χ3v) is 6.00. The van der Waals surface area contributed by atoms with Crippen LogP contribution in [-0.2, 0) is 4.79 Å². The molecule has 5 atom stereocenters. The number of hydrogen-bond donors (Lipinski definition) is 1. The van der Waals surface area contributed by atoms with E-state index in [2.05, 4.69) is 6.92 Å². The number of ketones is 3. The lowest BCUT2D eigenvalue weighted by molar-refractivity contribution is -0.132. The van der Waals surface area contributed by atoms with Crippen molar-refractivity contribution in [2.45, 2.75) is 32.6 Å². The minimum atomic E-state index is -0.518. The number of benzene rings is 1. The molecule has 0 unspecified atom stereocenters. The van der Waals surface area contributed by atoms with E-state index in [1.165, 1.54) is 6.07 Å². The van der Waals surface area contributed by atoms with E-state index in [0.717, 1.165) is 12.8 Å². The van der Waals surface area contributed by atoms with Gasteiger partial charge in [0.2, 0.25) is 0 Å². The standard InChI is InChI=1S/C19H20O4/c1-9-7-10-5-6-12-17(15(10)14(21)8-9)19(23)11-3-2-4-13(20)16(11)18(12)22/h2-4,9-10,12,15,17,20H,5-8H2,1H3/t9-,10+,12-,15-,17-/m1/s1. The molecular weight excluding hydrogens is 292 g/mol. The van der Waals surface area contributed by atoms with Crippen molar-refractivity contribution in [1.82, 2.24) is 0 Å². The van der Waals surface area contributed by atoms with Crippen LogP contribution in [0.5, 0.6) is 5.75 Å². The molecule has 23 heavy (non-hydrogen) atoms. The molecule has 0 heterocycles. The van der Waals surface area contributed by atoms with Crippen LogP contribution in [0.15, 0.2) is 18.2 Å². The molecule has 120 valence electrons. The summed E-state index contributed by atoms with van der Waals surface area (Å²) < 4.78 is 0. The Labute approximate surface area is 134 Å². The first-order chi connectivity index (χ1) is 11.0. The van der Waals surface area contributed by atoms with Crippen LogP contribution in [-0.4, -0.2) is 22.5 Å². The SMILES string of the molecule is C[C@H]1CC(=O)[C@H]2[C@@H](CC[C@H]3C(=O)c4c(O)cccc4C(=O)[C@@H]23)C1. The van der Waals surface area contributed by atoms with Crippen LogP contribution >= 0.6 is 0 Å². The van der Waals surface area contributed by atoms with Crippen LogP contribution < -0.4 is 0 Å². The Bertz CT molecular complexity index is 720. The van der Waals surface area contributed by atoms with Crippen molar-refractivity contribution in [2.24, 2.45) is 29.6 Å². The van der Waals surface area contributed by atoms with E-state index in [1.54, 1.807) is 12.1 Å². The van der Waals surface area contributed by atoms with Gasteiger partial charge in [0.15, 0.2) is 11.6 Å². The fourth-order valence-corrected chi connectivity index (χ4v) is 5.11. The average Bonchev–Trinajstić information content (AvgIpc) is 2.51. The van der Waals surface area contributed by atoms with Crippen LogP contribution in [0.4, 0.5) is 0 Å². The van der Waals surface area contributed by atoms with Crippen molar-refractivity contribution >= 4 is 17.3 Å². The largest absolute Gasteiger partial charge is 0.507 e. The minimum Gasteiger partial charge on any atom is -0.507 e. The summed E-state index contributed by atoms with van der Waals surface area (Å²) in [6, 6.07) is 4.64. The maximum absolute atomic E-state index is 13.0. The Morgan fingerprint density at radius 1 is 1.04 bits per heavy atom. The number of hydrogen-bond acceptors (Lipinski definition) is 4. The molecular formula is C19H20O4. The molecule has 0 aromatic heterocycles. The van der Waals surface area contributed by atoms with E-state index in [4.69, 9.17) is 0 Å². The summed E-state index contributed by atoms with van der Waals surface area (Å²) in [5.74, 6) is -0.938. The van der Waals surface area contributed by atoms with Gasteiger partial charge in [0.25, 0.3) is 0 Å². The number of Topliss-reactive ketones (excluding diaryl/α,β-unsaturated/α-hetero) is 3. The maximum Gasteiger partial charge on any atom is 0.171 e. The predicted molar refractivity (Wildman–Crippen MR) is 83.4 cm³/mol. The highest BCUT2D eigenvalue weighted by Crippen LogP contribution is 2.51. The molecule has 1 aromatic rings. The van der Waals surface area contributed by atoms with Crippen LogP contribution in [0, 0.1) is 29.6 Å².